The fourth-order valence-corrected chi connectivity index (χ4v) is 1.88. The largest absolute Gasteiger partial charge is 0.384 e. The van der Waals surface area contributed by atoms with E-state index in [1.807, 2.05) is 6.07 Å². The van der Waals surface area contributed by atoms with Crippen molar-refractivity contribution in [2.24, 2.45) is 5.73 Å². The van der Waals surface area contributed by atoms with Gasteiger partial charge in [0.15, 0.2) is 0 Å². The van der Waals surface area contributed by atoms with Gasteiger partial charge in [0.1, 0.15) is 11.7 Å². The lowest BCUT2D eigenvalue weighted by atomic mass is 10.1. The van der Waals surface area contributed by atoms with E-state index in [0.717, 1.165) is 24.5 Å². The van der Waals surface area contributed by atoms with Crippen LogP contribution in [0.2, 0.25) is 0 Å². The summed E-state index contributed by atoms with van der Waals surface area (Å²) in [6.07, 6.45) is 5.49. The summed E-state index contributed by atoms with van der Waals surface area (Å²) in [7, 11) is 0. The number of amidine groups is 1. The lowest BCUT2D eigenvalue weighted by Gasteiger charge is -2.27. The highest BCUT2D eigenvalue weighted by molar-refractivity contribution is 5.95. The number of hydrogen-bond donors (Lipinski definition) is 2. The number of pyridine rings is 1. The van der Waals surface area contributed by atoms with Gasteiger partial charge in [-0.15, -0.1) is 0 Å². The van der Waals surface area contributed by atoms with E-state index in [9.17, 15) is 0 Å². The summed E-state index contributed by atoms with van der Waals surface area (Å²) in [5, 5.41) is 7.38. The molecule has 80 valence electrons. The van der Waals surface area contributed by atoms with Crippen LogP contribution in [0, 0.1) is 5.41 Å². The molecule has 4 heteroatoms. The molecule has 1 saturated heterocycles. The molecule has 0 bridgehead atoms. The van der Waals surface area contributed by atoms with E-state index in [2.05, 4.69) is 9.88 Å². The summed E-state index contributed by atoms with van der Waals surface area (Å²) in [5.41, 5.74) is 6.20. The molecule has 2 rings (SSSR count). The lowest BCUT2D eigenvalue weighted by molar-refractivity contribution is 0.573. The van der Waals surface area contributed by atoms with Crippen molar-refractivity contribution in [3.05, 3.63) is 23.9 Å². The third-order valence-corrected chi connectivity index (χ3v) is 2.74. The van der Waals surface area contributed by atoms with Crippen molar-refractivity contribution < 1.29 is 0 Å². The molecule has 1 aromatic rings. The van der Waals surface area contributed by atoms with Gasteiger partial charge in [-0.1, -0.05) is 0 Å². The molecule has 0 aliphatic carbocycles. The van der Waals surface area contributed by atoms with Crippen LogP contribution < -0.4 is 10.6 Å². The number of nitrogens with two attached hydrogens (primary N) is 1. The highest BCUT2D eigenvalue weighted by atomic mass is 15.2. The highest BCUT2D eigenvalue weighted by Crippen LogP contribution is 2.17. The second-order valence-electron chi connectivity index (χ2n) is 3.86. The van der Waals surface area contributed by atoms with E-state index < -0.39 is 0 Å². The molecule has 1 aliphatic heterocycles. The first-order chi connectivity index (χ1) is 7.27. The Bertz CT molecular complexity index is 355. The van der Waals surface area contributed by atoms with Crippen molar-refractivity contribution in [3.63, 3.8) is 0 Å². The van der Waals surface area contributed by atoms with Crippen LogP contribution in [0.4, 0.5) is 5.82 Å². The van der Waals surface area contributed by atoms with Crippen molar-refractivity contribution in [2.75, 3.05) is 18.0 Å². The van der Waals surface area contributed by atoms with E-state index in [1.54, 1.807) is 12.3 Å². The number of aromatic nitrogens is 1. The van der Waals surface area contributed by atoms with Crippen LogP contribution in [-0.2, 0) is 0 Å². The molecule has 0 radical (unpaired) electrons. The maximum atomic E-state index is 7.38. The molecule has 4 nitrogen and oxygen atoms in total. The van der Waals surface area contributed by atoms with Crippen LogP contribution in [0.1, 0.15) is 24.8 Å². The molecule has 2 heterocycles. The normalized spacial score (nSPS) is 16.4. The average Bonchev–Trinajstić information content (AvgIpc) is 2.30. The highest BCUT2D eigenvalue weighted by Gasteiger charge is 2.12. The van der Waals surface area contributed by atoms with Gasteiger partial charge in [-0.3, -0.25) is 5.41 Å². The monoisotopic (exact) mass is 204 g/mol. The van der Waals surface area contributed by atoms with Gasteiger partial charge in [-0.05, 0) is 31.4 Å². The zero-order chi connectivity index (χ0) is 10.7. The first kappa shape index (κ1) is 9.96. The second-order valence-corrected chi connectivity index (χ2v) is 3.86. The smallest absolute Gasteiger partial charge is 0.129 e. The van der Waals surface area contributed by atoms with Crippen LogP contribution in [0.25, 0.3) is 0 Å². The standard InChI is InChI=1S/C11H16N4/c12-11(13)9-4-5-14-10(8-9)15-6-2-1-3-7-15/h4-5,8H,1-3,6-7H2,(H3,12,13). The quantitative estimate of drug-likeness (QED) is 0.564. The van der Waals surface area contributed by atoms with E-state index in [0.29, 0.717) is 0 Å². The summed E-state index contributed by atoms with van der Waals surface area (Å²) in [6, 6.07) is 3.67. The Morgan fingerprint density at radius 2 is 2.07 bits per heavy atom. The number of rotatable bonds is 2. The van der Waals surface area contributed by atoms with Crippen LogP contribution >= 0.6 is 0 Å². The van der Waals surface area contributed by atoms with Gasteiger partial charge in [0.05, 0.1) is 0 Å². The van der Waals surface area contributed by atoms with Crippen molar-refractivity contribution in [3.8, 4) is 0 Å². The second kappa shape index (κ2) is 4.29. The van der Waals surface area contributed by atoms with Gasteiger partial charge in [-0.2, -0.15) is 0 Å². The summed E-state index contributed by atoms with van der Waals surface area (Å²) < 4.78 is 0. The maximum Gasteiger partial charge on any atom is 0.129 e. The number of anilines is 1. The zero-order valence-corrected chi connectivity index (χ0v) is 8.74. The predicted octanol–water partition coefficient (Wildman–Crippen LogP) is 1.36. The minimum absolute atomic E-state index is 0.107. The number of nitrogens with zero attached hydrogens (tertiary/aromatic N) is 2. The Kier molecular flexibility index (Phi) is 2.85. The summed E-state index contributed by atoms with van der Waals surface area (Å²) in [6.45, 7) is 2.13. The zero-order valence-electron chi connectivity index (χ0n) is 8.74. The molecule has 0 unspecified atom stereocenters. The number of nitrogens with one attached hydrogen (secondary N) is 1. The van der Waals surface area contributed by atoms with Crippen molar-refractivity contribution in [1.82, 2.24) is 4.98 Å². The van der Waals surface area contributed by atoms with E-state index >= 15 is 0 Å². The minimum atomic E-state index is 0.107. The van der Waals surface area contributed by atoms with Gasteiger partial charge in [-0.25, -0.2) is 4.98 Å². The fourth-order valence-electron chi connectivity index (χ4n) is 1.88. The van der Waals surface area contributed by atoms with Crippen molar-refractivity contribution in [1.29, 1.82) is 5.41 Å². The molecular weight excluding hydrogens is 188 g/mol. The molecule has 15 heavy (non-hydrogen) atoms. The third-order valence-electron chi connectivity index (χ3n) is 2.74. The van der Waals surface area contributed by atoms with Gasteiger partial charge >= 0.3 is 0 Å². The molecular formula is C11H16N4. The lowest BCUT2D eigenvalue weighted by Crippen LogP contribution is -2.30. The molecule has 1 aliphatic rings. The Labute approximate surface area is 89.6 Å². The molecule has 0 saturated carbocycles. The molecule has 0 atom stereocenters. The average molecular weight is 204 g/mol. The van der Waals surface area contributed by atoms with Crippen LogP contribution in [0.5, 0.6) is 0 Å². The van der Waals surface area contributed by atoms with Gasteiger partial charge < -0.3 is 10.6 Å². The summed E-state index contributed by atoms with van der Waals surface area (Å²) >= 11 is 0. The molecule has 1 fully saturated rings. The Hall–Kier alpha value is -1.58. The van der Waals surface area contributed by atoms with Crippen molar-refractivity contribution in [2.45, 2.75) is 19.3 Å². The predicted molar refractivity (Wildman–Crippen MR) is 61.3 cm³/mol. The van der Waals surface area contributed by atoms with Gasteiger partial charge in [0, 0.05) is 24.8 Å². The van der Waals surface area contributed by atoms with Crippen LogP contribution in [-0.4, -0.2) is 23.9 Å². The first-order valence-electron chi connectivity index (χ1n) is 5.33. The van der Waals surface area contributed by atoms with Gasteiger partial charge in [0.25, 0.3) is 0 Å². The summed E-state index contributed by atoms with van der Waals surface area (Å²) in [4.78, 5) is 6.58. The topological polar surface area (TPSA) is 66.0 Å². The van der Waals surface area contributed by atoms with E-state index in [1.165, 1.54) is 19.3 Å². The molecule has 1 aromatic heterocycles. The van der Waals surface area contributed by atoms with E-state index in [4.69, 9.17) is 11.1 Å². The Balaban J connectivity index is 2.19. The van der Waals surface area contributed by atoms with Crippen molar-refractivity contribution >= 4 is 11.7 Å². The minimum Gasteiger partial charge on any atom is -0.384 e. The number of hydrogen-bond acceptors (Lipinski definition) is 3. The number of nitrogen functional groups attached to an aromatic ring is 1. The Morgan fingerprint density at radius 1 is 1.33 bits per heavy atom. The van der Waals surface area contributed by atoms with Crippen LogP contribution in [0.15, 0.2) is 18.3 Å². The number of piperidine rings is 1. The molecule has 0 amide bonds. The summed E-state index contributed by atoms with van der Waals surface area (Å²) in [5.74, 6) is 1.05. The molecule has 0 aromatic carbocycles. The SMILES string of the molecule is N=C(N)c1ccnc(N2CCCCC2)c1. The first-order valence-corrected chi connectivity index (χ1v) is 5.33. The third kappa shape index (κ3) is 2.26. The van der Waals surface area contributed by atoms with Gasteiger partial charge in [0.2, 0.25) is 0 Å². The molecule has 3 N–H and O–H groups in total. The Morgan fingerprint density at radius 3 is 2.73 bits per heavy atom. The molecule has 0 spiro atoms. The maximum absolute atomic E-state index is 7.38. The van der Waals surface area contributed by atoms with E-state index in [-0.39, 0.29) is 5.84 Å². The fraction of sp³-hybridized carbons (Fsp3) is 0.455. The van der Waals surface area contributed by atoms with Crippen LogP contribution in [0.3, 0.4) is 0 Å².